The van der Waals surface area contributed by atoms with Gasteiger partial charge in [-0.05, 0) is 27.3 Å². The number of hydrogen-bond donors (Lipinski definition) is 2. The van der Waals surface area contributed by atoms with E-state index in [0.29, 0.717) is 25.9 Å². The van der Waals surface area contributed by atoms with Gasteiger partial charge in [-0.25, -0.2) is 0 Å². The van der Waals surface area contributed by atoms with Crippen LogP contribution in [0.3, 0.4) is 0 Å². The minimum Gasteiger partial charge on any atom is -0.355 e. The second kappa shape index (κ2) is 6.75. The van der Waals surface area contributed by atoms with Crippen molar-refractivity contribution in [1.29, 1.82) is 0 Å². The molecule has 0 bridgehead atoms. The third-order valence-corrected chi connectivity index (χ3v) is 4.69. The van der Waals surface area contributed by atoms with Crippen molar-refractivity contribution in [2.24, 2.45) is 5.92 Å². The van der Waals surface area contributed by atoms with Crippen LogP contribution in [0.4, 0.5) is 0 Å². The summed E-state index contributed by atoms with van der Waals surface area (Å²) in [4.78, 5) is 28.1. The molecule has 0 spiro atoms. The van der Waals surface area contributed by atoms with Crippen LogP contribution in [-0.4, -0.2) is 73.5 Å². The second-order valence-corrected chi connectivity index (χ2v) is 6.86. The highest BCUT2D eigenvalue weighted by molar-refractivity contribution is 5.83. The van der Waals surface area contributed by atoms with E-state index in [1.54, 1.807) is 0 Å². The quantitative estimate of drug-likeness (QED) is 0.745. The van der Waals surface area contributed by atoms with E-state index in [0.717, 1.165) is 26.2 Å². The zero-order valence-corrected chi connectivity index (χ0v) is 13.4. The number of hydrogen-bond acceptors (Lipinski definition) is 4. The standard InChI is InChI=1S/C15H28N4O2/c1-15(2,19-8-6-18(3)7-9-19)11-17-14(21)12-4-5-13(20)16-10-12/h12H,4-11H2,1-3H3,(H,16,20)(H,17,21). The number of rotatable bonds is 4. The van der Waals surface area contributed by atoms with Gasteiger partial charge in [0.1, 0.15) is 0 Å². The molecule has 6 heteroatoms. The van der Waals surface area contributed by atoms with Gasteiger partial charge in [0, 0.05) is 51.2 Å². The molecule has 2 saturated heterocycles. The smallest absolute Gasteiger partial charge is 0.224 e. The molecule has 2 aliphatic heterocycles. The average molecular weight is 296 g/mol. The van der Waals surface area contributed by atoms with Gasteiger partial charge in [0.05, 0.1) is 5.92 Å². The maximum atomic E-state index is 12.2. The lowest BCUT2D eigenvalue weighted by molar-refractivity contribution is -0.129. The van der Waals surface area contributed by atoms with E-state index in [9.17, 15) is 9.59 Å². The molecule has 2 N–H and O–H groups in total. The van der Waals surface area contributed by atoms with Crippen LogP contribution >= 0.6 is 0 Å². The molecule has 2 fully saturated rings. The lowest BCUT2D eigenvalue weighted by Gasteiger charge is -2.43. The van der Waals surface area contributed by atoms with Crippen molar-refractivity contribution in [2.45, 2.75) is 32.2 Å². The molecule has 0 aromatic carbocycles. The van der Waals surface area contributed by atoms with Gasteiger partial charge in [-0.1, -0.05) is 0 Å². The number of nitrogens with zero attached hydrogens (tertiary/aromatic N) is 2. The highest BCUT2D eigenvalue weighted by atomic mass is 16.2. The number of nitrogens with one attached hydrogen (secondary N) is 2. The van der Waals surface area contributed by atoms with Crippen LogP contribution in [0.5, 0.6) is 0 Å². The van der Waals surface area contributed by atoms with Crippen LogP contribution < -0.4 is 10.6 Å². The molecule has 2 rings (SSSR count). The van der Waals surface area contributed by atoms with E-state index < -0.39 is 0 Å². The van der Waals surface area contributed by atoms with E-state index >= 15 is 0 Å². The first kappa shape index (κ1) is 16.2. The van der Waals surface area contributed by atoms with E-state index in [1.165, 1.54) is 0 Å². The van der Waals surface area contributed by atoms with Gasteiger partial charge in [0.2, 0.25) is 11.8 Å². The molecule has 2 aliphatic rings. The van der Waals surface area contributed by atoms with Crippen molar-refractivity contribution in [1.82, 2.24) is 20.4 Å². The van der Waals surface area contributed by atoms with Crippen molar-refractivity contribution in [3.05, 3.63) is 0 Å². The summed E-state index contributed by atoms with van der Waals surface area (Å²) in [6, 6.07) is 0. The van der Waals surface area contributed by atoms with E-state index in [4.69, 9.17) is 0 Å². The van der Waals surface area contributed by atoms with Crippen LogP contribution in [0, 0.1) is 5.92 Å². The zero-order valence-electron chi connectivity index (χ0n) is 13.4. The Hall–Kier alpha value is -1.14. The Morgan fingerprint density at radius 3 is 2.57 bits per heavy atom. The second-order valence-electron chi connectivity index (χ2n) is 6.86. The molecule has 0 aromatic rings. The Morgan fingerprint density at radius 1 is 1.33 bits per heavy atom. The van der Waals surface area contributed by atoms with Gasteiger partial charge < -0.3 is 15.5 Å². The average Bonchev–Trinajstić information content (AvgIpc) is 2.46. The van der Waals surface area contributed by atoms with Crippen molar-refractivity contribution >= 4 is 11.8 Å². The SMILES string of the molecule is CN1CCN(C(C)(C)CNC(=O)C2CCC(=O)NC2)CC1. The first-order valence-electron chi connectivity index (χ1n) is 7.86. The molecular weight excluding hydrogens is 268 g/mol. The number of carbonyl (C=O) groups excluding carboxylic acids is 2. The molecule has 0 radical (unpaired) electrons. The third kappa shape index (κ3) is 4.41. The first-order valence-corrected chi connectivity index (χ1v) is 7.86. The molecular formula is C15H28N4O2. The van der Waals surface area contributed by atoms with Crippen LogP contribution in [0.1, 0.15) is 26.7 Å². The maximum absolute atomic E-state index is 12.2. The topological polar surface area (TPSA) is 64.7 Å². The van der Waals surface area contributed by atoms with Crippen LogP contribution in [0.25, 0.3) is 0 Å². The molecule has 0 saturated carbocycles. The first-order chi connectivity index (χ1) is 9.88. The molecule has 0 aliphatic carbocycles. The Kier molecular flexibility index (Phi) is 5.22. The largest absolute Gasteiger partial charge is 0.355 e. The number of carbonyl (C=O) groups is 2. The predicted molar refractivity (Wildman–Crippen MR) is 81.9 cm³/mol. The van der Waals surface area contributed by atoms with Gasteiger partial charge in [-0.15, -0.1) is 0 Å². The van der Waals surface area contributed by atoms with Gasteiger partial charge in [0.25, 0.3) is 0 Å². The van der Waals surface area contributed by atoms with Crippen LogP contribution in [0.15, 0.2) is 0 Å². The third-order valence-electron chi connectivity index (χ3n) is 4.69. The Labute approximate surface area is 127 Å². The summed E-state index contributed by atoms with van der Waals surface area (Å²) in [6.45, 7) is 9.72. The molecule has 6 nitrogen and oxygen atoms in total. The van der Waals surface area contributed by atoms with Gasteiger partial charge in [-0.3, -0.25) is 14.5 Å². The van der Waals surface area contributed by atoms with Crippen molar-refractivity contribution in [3.8, 4) is 0 Å². The fourth-order valence-corrected chi connectivity index (χ4v) is 2.93. The van der Waals surface area contributed by atoms with Crippen LogP contribution in [0.2, 0.25) is 0 Å². The lowest BCUT2D eigenvalue weighted by atomic mass is 9.97. The maximum Gasteiger partial charge on any atom is 0.224 e. The van der Waals surface area contributed by atoms with Gasteiger partial charge in [0.15, 0.2) is 0 Å². The van der Waals surface area contributed by atoms with E-state index in [-0.39, 0.29) is 23.3 Å². The zero-order chi connectivity index (χ0) is 15.5. The van der Waals surface area contributed by atoms with Crippen LogP contribution in [-0.2, 0) is 9.59 Å². The molecule has 0 aromatic heterocycles. The summed E-state index contributed by atoms with van der Waals surface area (Å²) in [7, 11) is 2.14. The summed E-state index contributed by atoms with van der Waals surface area (Å²) in [6.07, 6.45) is 1.12. The van der Waals surface area contributed by atoms with Gasteiger partial charge in [-0.2, -0.15) is 0 Å². The predicted octanol–water partition coefficient (Wildman–Crippen LogP) is -0.345. The summed E-state index contributed by atoms with van der Waals surface area (Å²) in [5.74, 6) is 0.0417. The molecule has 21 heavy (non-hydrogen) atoms. The molecule has 1 unspecified atom stereocenters. The lowest BCUT2D eigenvalue weighted by Crippen LogP contribution is -2.58. The summed E-state index contributed by atoms with van der Waals surface area (Å²) in [5.41, 5.74) is -0.0329. The molecule has 2 heterocycles. The Balaban J connectivity index is 1.78. The molecule has 2 amide bonds. The minimum absolute atomic E-state index is 0.0329. The fraction of sp³-hybridized carbons (Fsp3) is 0.867. The Morgan fingerprint density at radius 2 is 2.00 bits per heavy atom. The number of piperidine rings is 1. The highest BCUT2D eigenvalue weighted by Crippen LogP contribution is 2.17. The van der Waals surface area contributed by atoms with E-state index in [1.807, 2.05) is 0 Å². The number of amides is 2. The Bertz CT molecular complexity index is 379. The monoisotopic (exact) mass is 296 g/mol. The highest BCUT2D eigenvalue weighted by Gasteiger charge is 2.31. The fourth-order valence-electron chi connectivity index (χ4n) is 2.93. The summed E-state index contributed by atoms with van der Waals surface area (Å²) in [5, 5.41) is 5.83. The van der Waals surface area contributed by atoms with Crippen molar-refractivity contribution in [2.75, 3.05) is 46.3 Å². The van der Waals surface area contributed by atoms with Crippen molar-refractivity contribution < 1.29 is 9.59 Å². The normalized spacial score (nSPS) is 25.5. The van der Waals surface area contributed by atoms with Gasteiger partial charge >= 0.3 is 0 Å². The molecule has 120 valence electrons. The summed E-state index contributed by atoms with van der Waals surface area (Å²) >= 11 is 0. The summed E-state index contributed by atoms with van der Waals surface area (Å²) < 4.78 is 0. The van der Waals surface area contributed by atoms with Crippen molar-refractivity contribution in [3.63, 3.8) is 0 Å². The number of piperazine rings is 1. The minimum atomic E-state index is -0.0778. The molecule has 1 atom stereocenters. The number of likely N-dealkylation sites (N-methyl/N-ethyl adjacent to an activating group) is 1. The van der Waals surface area contributed by atoms with E-state index in [2.05, 4.69) is 41.3 Å².